The summed E-state index contributed by atoms with van der Waals surface area (Å²) in [5.41, 5.74) is 5.46. The van der Waals surface area contributed by atoms with Crippen molar-refractivity contribution in [3.05, 3.63) is 94.0 Å². The molecule has 180 valence electrons. The summed E-state index contributed by atoms with van der Waals surface area (Å²) in [5.74, 6) is -7.50. The van der Waals surface area contributed by atoms with E-state index in [0.717, 1.165) is 27.3 Å². The number of halogens is 3. The quantitative estimate of drug-likeness (QED) is 0.428. The lowest BCUT2D eigenvalue weighted by Crippen LogP contribution is -2.42. The number of carboxylic acid groups (broad SMARTS) is 1. The van der Waals surface area contributed by atoms with Gasteiger partial charge in [-0.2, -0.15) is 13.9 Å². The van der Waals surface area contributed by atoms with Gasteiger partial charge in [-0.1, -0.05) is 71.8 Å². The Kier molecular flexibility index (Phi) is 6.72. The van der Waals surface area contributed by atoms with Crippen LogP contribution in [0.15, 0.2) is 71.8 Å². The van der Waals surface area contributed by atoms with Crippen LogP contribution in [-0.4, -0.2) is 33.6 Å². The molecule has 0 unspecified atom stereocenters. The Hall–Kier alpha value is -3.58. The minimum absolute atomic E-state index is 0.196. The van der Waals surface area contributed by atoms with Gasteiger partial charge in [-0.3, -0.25) is 9.59 Å². The van der Waals surface area contributed by atoms with Crippen LogP contribution in [0.25, 0.3) is 11.1 Å². The Bertz CT molecular complexity index is 1310. The van der Waals surface area contributed by atoms with Crippen LogP contribution < -0.4 is 0 Å². The molecule has 1 atom stereocenters. The number of rotatable bonds is 6. The van der Waals surface area contributed by atoms with Crippen molar-refractivity contribution in [1.82, 2.24) is 5.01 Å². The van der Waals surface area contributed by atoms with Gasteiger partial charge in [0.15, 0.2) is 0 Å². The van der Waals surface area contributed by atoms with Crippen LogP contribution in [0.1, 0.15) is 41.1 Å². The predicted molar refractivity (Wildman–Crippen MR) is 131 cm³/mol. The zero-order valence-electron chi connectivity index (χ0n) is 19.1. The van der Waals surface area contributed by atoms with Gasteiger partial charge < -0.3 is 5.11 Å². The van der Waals surface area contributed by atoms with Crippen molar-refractivity contribution in [3.8, 4) is 11.1 Å². The molecule has 0 saturated heterocycles. The predicted octanol–water partition coefficient (Wildman–Crippen LogP) is 6.41. The van der Waals surface area contributed by atoms with E-state index in [-0.39, 0.29) is 6.42 Å². The number of carbonyl (C=O) groups is 2. The zero-order valence-corrected chi connectivity index (χ0v) is 19.9. The second-order valence-electron chi connectivity index (χ2n) is 8.61. The Labute approximate surface area is 206 Å². The standard InChI is InChI=1S/C27H23ClF2N2O3/c1-16-6-8-18(9-7-16)23-14-22(31-32(23)26(35)27(29,30)15-24(33)34)21-5-3-4-17(2)25(21)19-10-12-20(28)13-11-19/h3-13,23H,14-15H2,1-2H3,(H,33,34)/t23-/m1/s1. The normalized spacial score (nSPS) is 15.7. The molecule has 1 heterocycles. The van der Waals surface area contributed by atoms with E-state index in [9.17, 15) is 18.4 Å². The van der Waals surface area contributed by atoms with Gasteiger partial charge in [-0.05, 0) is 48.2 Å². The fourth-order valence-electron chi connectivity index (χ4n) is 4.25. The third-order valence-corrected chi connectivity index (χ3v) is 6.24. The number of benzene rings is 3. The molecule has 1 amide bonds. The third-order valence-electron chi connectivity index (χ3n) is 5.98. The van der Waals surface area contributed by atoms with Crippen molar-refractivity contribution < 1.29 is 23.5 Å². The van der Waals surface area contributed by atoms with E-state index in [1.807, 2.05) is 56.3 Å². The molecule has 0 saturated carbocycles. The van der Waals surface area contributed by atoms with Gasteiger partial charge in [0.1, 0.15) is 6.42 Å². The van der Waals surface area contributed by atoms with Crippen molar-refractivity contribution in [3.63, 3.8) is 0 Å². The molecule has 1 aliphatic heterocycles. The first-order chi connectivity index (χ1) is 16.6. The van der Waals surface area contributed by atoms with Gasteiger partial charge in [0.25, 0.3) is 0 Å². The van der Waals surface area contributed by atoms with Crippen LogP contribution in [-0.2, 0) is 9.59 Å². The molecule has 0 aliphatic carbocycles. The number of carboxylic acids is 1. The maximum Gasteiger partial charge on any atom is 0.337 e. The number of nitrogens with zero attached hydrogens (tertiary/aromatic N) is 2. The van der Waals surface area contributed by atoms with E-state index in [1.54, 1.807) is 24.3 Å². The first kappa shape index (κ1) is 24.5. The van der Waals surface area contributed by atoms with E-state index in [2.05, 4.69) is 5.10 Å². The molecule has 3 aromatic carbocycles. The SMILES string of the molecule is Cc1ccc([C@H]2CC(c3cccc(C)c3-c3ccc(Cl)cc3)=NN2C(=O)C(F)(F)CC(=O)O)cc1. The van der Waals surface area contributed by atoms with E-state index in [0.29, 0.717) is 21.9 Å². The van der Waals surface area contributed by atoms with E-state index in [4.69, 9.17) is 16.7 Å². The number of hydrazone groups is 1. The molecule has 1 aliphatic rings. The smallest absolute Gasteiger partial charge is 0.337 e. The Balaban J connectivity index is 1.81. The summed E-state index contributed by atoms with van der Waals surface area (Å²) in [5, 5.41) is 14.6. The van der Waals surface area contributed by atoms with Gasteiger partial charge >= 0.3 is 17.8 Å². The molecule has 3 aromatic rings. The van der Waals surface area contributed by atoms with Gasteiger partial charge in [-0.15, -0.1) is 0 Å². The fraction of sp³-hybridized carbons (Fsp3) is 0.222. The first-order valence-corrected chi connectivity index (χ1v) is 11.4. The summed E-state index contributed by atoms with van der Waals surface area (Å²) in [6.07, 6.45) is -1.41. The Morgan fingerprint density at radius 3 is 2.34 bits per heavy atom. The molecule has 0 bridgehead atoms. The highest BCUT2D eigenvalue weighted by Gasteiger charge is 2.48. The molecule has 0 aromatic heterocycles. The van der Waals surface area contributed by atoms with Crippen LogP contribution in [0, 0.1) is 13.8 Å². The molecule has 0 spiro atoms. The summed E-state index contributed by atoms with van der Waals surface area (Å²) in [4.78, 5) is 23.9. The van der Waals surface area contributed by atoms with Gasteiger partial charge in [0.05, 0.1) is 11.8 Å². The van der Waals surface area contributed by atoms with Gasteiger partial charge in [0, 0.05) is 17.0 Å². The summed E-state index contributed by atoms with van der Waals surface area (Å²) >= 11 is 6.06. The Morgan fingerprint density at radius 1 is 1.06 bits per heavy atom. The second kappa shape index (κ2) is 9.58. The topological polar surface area (TPSA) is 70.0 Å². The fourth-order valence-corrected chi connectivity index (χ4v) is 4.38. The minimum atomic E-state index is -4.10. The first-order valence-electron chi connectivity index (χ1n) is 11.0. The van der Waals surface area contributed by atoms with Gasteiger partial charge in [-0.25, -0.2) is 5.01 Å². The zero-order chi connectivity index (χ0) is 25.3. The maximum atomic E-state index is 14.6. The number of aliphatic carboxylic acids is 1. The number of carbonyl (C=O) groups excluding carboxylic acids is 1. The van der Waals surface area contributed by atoms with Crippen molar-refractivity contribution in [1.29, 1.82) is 0 Å². The van der Waals surface area contributed by atoms with Crippen molar-refractivity contribution in [2.75, 3.05) is 0 Å². The largest absolute Gasteiger partial charge is 0.481 e. The van der Waals surface area contributed by atoms with E-state index in [1.165, 1.54) is 0 Å². The molecular formula is C27H23ClF2N2O3. The lowest BCUT2D eigenvalue weighted by Gasteiger charge is -2.25. The highest BCUT2D eigenvalue weighted by Crippen LogP contribution is 2.39. The number of amides is 1. The second-order valence-corrected chi connectivity index (χ2v) is 9.04. The van der Waals surface area contributed by atoms with E-state index < -0.39 is 30.3 Å². The average molecular weight is 497 g/mol. The van der Waals surface area contributed by atoms with Crippen molar-refractivity contribution in [2.24, 2.45) is 5.10 Å². The molecule has 35 heavy (non-hydrogen) atoms. The molecule has 5 nitrogen and oxygen atoms in total. The summed E-state index contributed by atoms with van der Waals surface area (Å²) in [6.45, 7) is 3.83. The number of hydrogen-bond donors (Lipinski definition) is 1. The highest BCUT2D eigenvalue weighted by molar-refractivity contribution is 6.30. The van der Waals surface area contributed by atoms with Crippen molar-refractivity contribution in [2.45, 2.75) is 38.7 Å². The van der Waals surface area contributed by atoms with Crippen LogP contribution in [0.2, 0.25) is 5.02 Å². The van der Waals surface area contributed by atoms with Crippen LogP contribution in [0.3, 0.4) is 0 Å². The average Bonchev–Trinajstić information content (AvgIpc) is 3.24. The molecule has 1 N–H and O–H groups in total. The molecule has 0 fully saturated rings. The minimum Gasteiger partial charge on any atom is -0.481 e. The van der Waals surface area contributed by atoms with Crippen LogP contribution in [0.4, 0.5) is 8.78 Å². The van der Waals surface area contributed by atoms with Crippen LogP contribution >= 0.6 is 11.6 Å². The molecule has 0 radical (unpaired) electrons. The van der Waals surface area contributed by atoms with Crippen LogP contribution in [0.5, 0.6) is 0 Å². The lowest BCUT2D eigenvalue weighted by molar-refractivity contribution is -0.167. The highest BCUT2D eigenvalue weighted by atomic mass is 35.5. The molecule has 8 heteroatoms. The Morgan fingerprint density at radius 2 is 1.71 bits per heavy atom. The molecular weight excluding hydrogens is 474 g/mol. The summed E-state index contributed by atoms with van der Waals surface area (Å²) in [7, 11) is 0. The van der Waals surface area contributed by atoms with E-state index >= 15 is 0 Å². The van der Waals surface area contributed by atoms with Gasteiger partial charge in [0.2, 0.25) is 0 Å². The van der Waals surface area contributed by atoms with Crippen molar-refractivity contribution >= 4 is 29.2 Å². The number of alkyl halides is 2. The maximum absolute atomic E-state index is 14.6. The molecule has 4 rings (SSSR count). The number of hydrogen-bond acceptors (Lipinski definition) is 3. The third kappa shape index (κ3) is 5.10. The lowest BCUT2D eigenvalue weighted by atomic mass is 9.90. The summed E-state index contributed by atoms with van der Waals surface area (Å²) in [6, 6.07) is 19.3. The summed E-state index contributed by atoms with van der Waals surface area (Å²) < 4.78 is 29.2. The number of aryl methyl sites for hydroxylation is 2. The monoisotopic (exact) mass is 496 g/mol.